The van der Waals surface area contributed by atoms with E-state index in [1.54, 1.807) is 30.5 Å². The van der Waals surface area contributed by atoms with Gasteiger partial charge in [-0.05, 0) is 24.8 Å². The predicted octanol–water partition coefficient (Wildman–Crippen LogP) is 1.61. The molecular weight excluding hydrogens is 338 g/mol. The molecule has 1 amide bonds. The summed E-state index contributed by atoms with van der Waals surface area (Å²) in [5, 5.41) is 16.7. The highest BCUT2D eigenvalue weighted by molar-refractivity contribution is 7.99. The van der Waals surface area contributed by atoms with Crippen molar-refractivity contribution in [1.82, 2.24) is 4.98 Å². The van der Waals surface area contributed by atoms with Crippen molar-refractivity contribution in [3.05, 3.63) is 40.7 Å². The summed E-state index contributed by atoms with van der Waals surface area (Å²) < 4.78 is 5.55. The Hall–Kier alpha value is -2.13. The van der Waals surface area contributed by atoms with E-state index in [0.717, 1.165) is 11.8 Å². The number of rotatable bonds is 7. The van der Waals surface area contributed by atoms with Crippen LogP contribution in [0.4, 0.5) is 5.13 Å². The van der Waals surface area contributed by atoms with Crippen LogP contribution in [0.15, 0.2) is 34.8 Å². The van der Waals surface area contributed by atoms with Gasteiger partial charge in [0.15, 0.2) is 11.3 Å². The standard InChI is InChI=1S/C14H15N3O4S2/c1-2-21-13(19)7-10-8-23-14(15-10)16-11(18)9-22-12-5-3-4-6-17(12)20/h3-6,8H,2,7,9H2,1H3,(H,15,16,18). The number of thiazole rings is 1. The van der Waals surface area contributed by atoms with E-state index >= 15 is 0 Å². The number of carbonyl (C=O) groups is 2. The molecule has 0 bridgehead atoms. The molecule has 23 heavy (non-hydrogen) atoms. The Bertz CT molecular complexity index is 690. The number of nitrogens with one attached hydrogen (secondary N) is 1. The van der Waals surface area contributed by atoms with Crippen LogP contribution in [0.1, 0.15) is 12.6 Å². The van der Waals surface area contributed by atoms with E-state index in [2.05, 4.69) is 10.3 Å². The smallest absolute Gasteiger partial charge is 0.311 e. The van der Waals surface area contributed by atoms with Gasteiger partial charge in [0.2, 0.25) is 5.91 Å². The van der Waals surface area contributed by atoms with Crippen molar-refractivity contribution in [1.29, 1.82) is 0 Å². The van der Waals surface area contributed by atoms with Crippen LogP contribution >= 0.6 is 23.1 Å². The van der Waals surface area contributed by atoms with Crippen molar-refractivity contribution >= 4 is 40.1 Å². The Morgan fingerprint density at radius 3 is 3.04 bits per heavy atom. The highest BCUT2D eigenvalue weighted by Crippen LogP contribution is 2.18. The van der Waals surface area contributed by atoms with E-state index in [0.29, 0.717) is 27.2 Å². The van der Waals surface area contributed by atoms with Gasteiger partial charge >= 0.3 is 5.97 Å². The molecule has 0 aliphatic carbocycles. The van der Waals surface area contributed by atoms with E-state index in [4.69, 9.17) is 4.74 Å². The lowest BCUT2D eigenvalue weighted by Gasteiger charge is -2.03. The van der Waals surface area contributed by atoms with Crippen molar-refractivity contribution in [3.8, 4) is 0 Å². The summed E-state index contributed by atoms with van der Waals surface area (Å²) >= 11 is 2.38. The Morgan fingerprint density at radius 2 is 2.30 bits per heavy atom. The van der Waals surface area contributed by atoms with Crippen LogP contribution in [0.3, 0.4) is 0 Å². The fourth-order valence-corrected chi connectivity index (χ4v) is 3.07. The first-order valence-corrected chi connectivity index (χ1v) is 8.66. The minimum Gasteiger partial charge on any atom is -0.618 e. The van der Waals surface area contributed by atoms with Gasteiger partial charge in [-0.25, -0.2) is 4.98 Å². The number of aromatic nitrogens is 2. The first-order chi connectivity index (χ1) is 11.1. The summed E-state index contributed by atoms with van der Waals surface area (Å²) in [5.74, 6) is -0.523. The molecule has 2 aromatic rings. The maximum atomic E-state index is 11.9. The fraction of sp³-hybridized carbons (Fsp3) is 0.286. The second-order valence-corrected chi connectivity index (χ2v) is 6.18. The Morgan fingerprint density at radius 1 is 1.48 bits per heavy atom. The van der Waals surface area contributed by atoms with Crippen LogP contribution in [0.2, 0.25) is 0 Å². The van der Waals surface area contributed by atoms with Crippen molar-refractivity contribution in [2.24, 2.45) is 0 Å². The van der Waals surface area contributed by atoms with Crippen LogP contribution in [0, 0.1) is 5.21 Å². The van der Waals surface area contributed by atoms with Gasteiger partial charge in [-0.1, -0.05) is 0 Å². The maximum Gasteiger partial charge on any atom is 0.311 e. The Kier molecular flexibility index (Phi) is 6.36. The van der Waals surface area contributed by atoms with Crippen molar-refractivity contribution in [2.75, 3.05) is 17.7 Å². The lowest BCUT2D eigenvalue weighted by molar-refractivity contribution is -0.645. The molecule has 2 rings (SSSR count). The van der Waals surface area contributed by atoms with Crippen LogP contribution in [0.25, 0.3) is 0 Å². The number of thioether (sulfide) groups is 1. The van der Waals surface area contributed by atoms with E-state index in [9.17, 15) is 14.8 Å². The van der Waals surface area contributed by atoms with Gasteiger partial charge in [0.25, 0.3) is 5.03 Å². The number of anilines is 1. The molecule has 7 nitrogen and oxygen atoms in total. The third kappa shape index (κ3) is 5.53. The van der Waals surface area contributed by atoms with Crippen LogP contribution < -0.4 is 10.0 Å². The third-order valence-electron chi connectivity index (χ3n) is 2.57. The molecule has 2 aromatic heterocycles. The van der Waals surface area contributed by atoms with E-state index in [1.165, 1.54) is 17.5 Å². The average molecular weight is 353 g/mol. The predicted molar refractivity (Wildman–Crippen MR) is 87.2 cm³/mol. The van der Waals surface area contributed by atoms with Gasteiger partial charge in [-0.2, -0.15) is 4.73 Å². The molecule has 0 fully saturated rings. The summed E-state index contributed by atoms with van der Waals surface area (Å²) in [6, 6.07) is 5.00. The summed E-state index contributed by atoms with van der Waals surface area (Å²) in [5.41, 5.74) is 0.553. The van der Waals surface area contributed by atoms with Gasteiger partial charge < -0.3 is 15.3 Å². The normalized spacial score (nSPS) is 10.3. The second-order valence-electron chi connectivity index (χ2n) is 4.33. The van der Waals surface area contributed by atoms with Crippen LogP contribution in [-0.4, -0.2) is 29.2 Å². The van der Waals surface area contributed by atoms with Crippen LogP contribution in [0.5, 0.6) is 0 Å². The molecule has 0 aliphatic heterocycles. The molecule has 122 valence electrons. The molecule has 0 aromatic carbocycles. The summed E-state index contributed by atoms with van der Waals surface area (Å²) in [6.07, 6.45) is 1.46. The summed E-state index contributed by atoms with van der Waals surface area (Å²) in [7, 11) is 0. The first-order valence-electron chi connectivity index (χ1n) is 6.79. The number of nitrogens with zero attached hydrogens (tertiary/aromatic N) is 2. The van der Waals surface area contributed by atoms with Crippen molar-refractivity contribution < 1.29 is 19.1 Å². The Labute approximate surface area is 141 Å². The lowest BCUT2D eigenvalue weighted by atomic mass is 10.3. The van der Waals surface area contributed by atoms with Gasteiger partial charge in [-0.3, -0.25) is 9.59 Å². The number of hydrogen-bond donors (Lipinski definition) is 1. The Balaban J connectivity index is 1.82. The number of amides is 1. The van der Waals surface area contributed by atoms with Crippen molar-refractivity contribution in [2.45, 2.75) is 18.4 Å². The molecule has 0 spiro atoms. The molecule has 0 radical (unpaired) electrons. The average Bonchev–Trinajstić information content (AvgIpc) is 2.93. The van der Waals surface area contributed by atoms with Crippen molar-refractivity contribution in [3.63, 3.8) is 0 Å². The van der Waals surface area contributed by atoms with Gasteiger partial charge in [-0.15, -0.1) is 11.3 Å². The van der Waals surface area contributed by atoms with E-state index in [1.807, 2.05) is 0 Å². The highest BCUT2D eigenvalue weighted by atomic mass is 32.2. The van der Waals surface area contributed by atoms with E-state index in [-0.39, 0.29) is 24.1 Å². The van der Waals surface area contributed by atoms with E-state index < -0.39 is 0 Å². The highest BCUT2D eigenvalue weighted by Gasteiger charge is 2.12. The second kappa shape index (κ2) is 8.49. The number of pyridine rings is 1. The zero-order chi connectivity index (χ0) is 16.7. The molecule has 0 saturated heterocycles. The molecule has 0 aliphatic rings. The molecule has 9 heteroatoms. The largest absolute Gasteiger partial charge is 0.618 e. The summed E-state index contributed by atoms with van der Waals surface area (Å²) in [6.45, 7) is 2.06. The van der Waals surface area contributed by atoms with Crippen LogP contribution in [-0.2, 0) is 20.7 Å². The molecule has 0 atom stereocenters. The third-order valence-corrected chi connectivity index (χ3v) is 4.39. The molecule has 0 saturated carbocycles. The summed E-state index contributed by atoms with van der Waals surface area (Å²) in [4.78, 5) is 27.4. The first kappa shape index (κ1) is 17.2. The molecule has 0 unspecified atom stereocenters. The van der Waals surface area contributed by atoms with Gasteiger partial charge in [0.1, 0.15) is 0 Å². The lowest BCUT2D eigenvalue weighted by Crippen LogP contribution is -2.28. The quantitative estimate of drug-likeness (QED) is 0.352. The monoisotopic (exact) mass is 353 g/mol. The minimum absolute atomic E-state index is 0.0785. The maximum absolute atomic E-state index is 11.9. The minimum atomic E-state index is -0.352. The number of ether oxygens (including phenoxy) is 1. The van der Waals surface area contributed by atoms with Gasteiger partial charge in [0.05, 0.1) is 24.5 Å². The fourth-order valence-electron chi connectivity index (χ4n) is 1.62. The number of carbonyl (C=O) groups excluding carboxylic acids is 2. The molecule has 1 N–H and O–H groups in total. The number of hydrogen-bond acceptors (Lipinski definition) is 7. The zero-order valence-electron chi connectivity index (χ0n) is 12.4. The number of esters is 1. The molecule has 2 heterocycles. The SMILES string of the molecule is CCOC(=O)Cc1csc(NC(=O)CSc2cccc[n+]2[O-])n1. The van der Waals surface area contributed by atoms with Gasteiger partial charge in [0, 0.05) is 17.5 Å². The zero-order valence-corrected chi connectivity index (χ0v) is 14.0. The topological polar surface area (TPSA) is 95.2 Å². The molecular formula is C14H15N3O4S2.